The maximum Gasteiger partial charge on any atom is 0.416 e. The van der Waals surface area contributed by atoms with E-state index in [9.17, 15) is 17.6 Å². The molecular weight excluding hydrogens is 360 g/mol. The van der Waals surface area contributed by atoms with Crippen molar-refractivity contribution >= 4 is 0 Å². The van der Waals surface area contributed by atoms with E-state index < -0.39 is 17.6 Å². The van der Waals surface area contributed by atoms with Crippen molar-refractivity contribution in [2.75, 3.05) is 6.54 Å². The van der Waals surface area contributed by atoms with Crippen LogP contribution >= 0.6 is 0 Å². The van der Waals surface area contributed by atoms with Crippen LogP contribution < -0.4 is 0 Å². The molecule has 0 atom stereocenters. The molecule has 1 aliphatic rings. The van der Waals surface area contributed by atoms with Crippen LogP contribution in [0.4, 0.5) is 17.6 Å². The second-order valence-corrected chi connectivity index (χ2v) is 6.48. The summed E-state index contributed by atoms with van der Waals surface area (Å²) in [6.45, 7) is 2.46. The van der Waals surface area contributed by atoms with E-state index in [-0.39, 0.29) is 5.69 Å². The molecule has 3 heterocycles. The zero-order valence-electron chi connectivity index (χ0n) is 14.2. The number of hydrogen-bond donors (Lipinski definition) is 0. The fourth-order valence-electron chi connectivity index (χ4n) is 3.20. The number of benzene rings is 1. The van der Waals surface area contributed by atoms with Gasteiger partial charge in [0.2, 0.25) is 0 Å². The summed E-state index contributed by atoms with van der Waals surface area (Å²) in [5.74, 6) is -0.422. The molecule has 0 amide bonds. The summed E-state index contributed by atoms with van der Waals surface area (Å²) in [6.07, 6.45) is -2.80. The number of hydrogen-bond acceptors (Lipinski definition) is 3. The lowest BCUT2D eigenvalue weighted by Gasteiger charge is -2.27. The predicted octanol–water partition coefficient (Wildman–Crippen LogP) is 4.12. The van der Waals surface area contributed by atoms with E-state index in [4.69, 9.17) is 0 Å². The van der Waals surface area contributed by atoms with E-state index in [1.807, 2.05) is 10.7 Å². The minimum Gasteiger partial charge on any atom is -0.291 e. The number of pyridine rings is 1. The van der Waals surface area contributed by atoms with Crippen molar-refractivity contribution in [3.63, 3.8) is 0 Å². The largest absolute Gasteiger partial charge is 0.416 e. The van der Waals surface area contributed by atoms with Crippen molar-refractivity contribution in [2.24, 2.45) is 0 Å². The monoisotopic (exact) mass is 376 g/mol. The Morgan fingerprint density at radius 2 is 1.81 bits per heavy atom. The Morgan fingerprint density at radius 3 is 2.52 bits per heavy atom. The molecule has 0 saturated carbocycles. The molecule has 0 radical (unpaired) electrons. The van der Waals surface area contributed by atoms with Crippen molar-refractivity contribution in [3.8, 4) is 11.4 Å². The molecule has 140 valence electrons. The highest BCUT2D eigenvalue weighted by atomic mass is 19.4. The molecule has 1 aliphatic heterocycles. The summed E-state index contributed by atoms with van der Waals surface area (Å²) in [5, 5.41) is 4.42. The zero-order valence-corrected chi connectivity index (χ0v) is 14.2. The Bertz CT molecular complexity index is 947. The Balaban J connectivity index is 1.48. The van der Waals surface area contributed by atoms with Gasteiger partial charge in [0.15, 0.2) is 5.82 Å². The molecular formula is C19H16F4N4. The number of nitrogens with zero attached hydrogens (tertiary/aromatic N) is 4. The quantitative estimate of drug-likeness (QED) is 0.645. The van der Waals surface area contributed by atoms with Crippen LogP contribution in [0, 0.1) is 5.82 Å². The van der Waals surface area contributed by atoms with Gasteiger partial charge < -0.3 is 0 Å². The molecule has 4 rings (SSSR count). The first-order valence-corrected chi connectivity index (χ1v) is 8.46. The SMILES string of the molecule is Fc1cccnc1-c1cc2n(n1)CCN(Cc1ccc(C(F)(F)F)cc1)C2. The summed E-state index contributed by atoms with van der Waals surface area (Å²) in [7, 11) is 0. The van der Waals surface area contributed by atoms with Gasteiger partial charge in [-0.3, -0.25) is 14.6 Å². The molecule has 0 aliphatic carbocycles. The van der Waals surface area contributed by atoms with Crippen LogP contribution in [-0.2, 0) is 25.8 Å². The molecule has 8 heteroatoms. The maximum atomic E-state index is 13.9. The van der Waals surface area contributed by atoms with Gasteiger partial charge in [-0.15, -0.1) is 0 Å². The highest BCUT2D eigenvalue weighted by Crippen LogP contribution is 2.29. The fraction of sp³-hybridized carbons (Fsp3) is 0.263. The highest BCUT2D eigenvalue weighted by molar-refractivity contribution is 5.55. The van der Waals surface area contributed by atoms with E-state index in [0.29, 0.717) is 31.9 Å². The number of aromatic nitrogens is 3. The Morgan fingerprint density at radius 1 is 1.04 bits per heavy atom. The lowest BCUT2D eigenvalue weighted by Crippen LogP contribution is -2.33. The third-order valence-electron chi connectivity index (χ3n) is 4.57. The van der Waals surface area contributed by atoms with Gasteiger partial charge in [-0.1, -0.05) is 12.1 Å². The van der Waals surface area contributed by atoms with Crippen LogP contribution in [0.15, 0.2) is 48.7 Å². The van der Waals surface area contributed by atoms with E-state index in [1.54, 1.807) is 0 Å². The van der Waals surface area contributed by atoms with Crippen LogP contribution in [0.1, 0.15) is 16.8 Å². The van der Waals surface area contributed by atoms with Crippen molar-refractivity contribution in [1.29, 1.82) is 0 Å². The minimum absolute atomic E-state index is 0.216. The van der Waals surface area contributed by atoms with Gasteiger partial charge in [0.25, 0.3) is 0 Å². The maximum absolute atomic E-state index is 13.9. The molecule has 0 saturated heterocycles. The third-order valence-corrected chi connectivity index (χ3v) is 4.57. The second-order valence-electron chi connectivity index (χ2n) is 6.48. The van der Waals surface area contributed by atoms with Gasteiger partial charge in [-0.25, -0.2) is 4.39 Å². The van der Waals surface area contributed by atoms with Crippen molar-refractivity contribution in [2.45, 2.75) is 25.8 Å². The van der Waals surface area contributed by atoms with Crippen LogP contribution in [-0.4, -0.2) is 26.2 Å². The number of alkyl halides is 3. The summed E-state index contributed by atoms with van der Waals surface area (Å²) < 4.78 is 53.7. The molecule has 0 bridgehead atoms. The summed E-state index contributed by atoms with van der Waals surface area (Å²) >= 11 is 0. The predicted molar refractivity (Wildman–Crippen MR) is 91.0 cm³/mol. The molecule has 0 N–H and O–H groups in total. The molecule has 0 unspecified atom stereocenters. The average molecular weight is 376 g/mol. The highest BCUT2D eigenvalue weighted by Gasteiger charge is 2.30. The molecule has 3 aromatic rings. The number of fused-ring (bicyclic) bond motifs is 1. The Labute approximate surface area is 153 Å². The van der Waals surface area contributed by atoms with Gasteiger partial charge in [-0.2, -0.15) is 18.3 Å². The standard InChI is InChI=1S/C19H16F4N4/c20-16-2-1-7-24-18(16)17-10-15-12-26(8-9-27(15)25-17)11-13-3-5-14(6-4-13)19(21,22)23/h1-7,10H,8-9,11-12H2. The topological polar surface area (TPSA) is 34.0 Å². The van der Waals surface area contributed by atoms with Gasteiger partial charge in [0.05, 0.1) is 17.8 Å². The summed E-state index contributed by atoms with van der Waals surface area (Å²) in [5.41, 5.74) is 1.79. The second kappa shape index (κ2) is 6.77. The molecule has 0 fully saturated rings. The minimum atomic E-state index is -4.33. The first-order chi connectivity index (χ1) is 12.9. The lowest BCUT2D eigenvalue weighted by atomic mass is 10.1. The number of halogens is 4. The normalized spacial score (nSPS) is 15.0. The van der Waals surface area contributed by atoms with Crippen molar-refractivity contribution < 1.29 is 17.6 Å². The van der Waals surface area contributed by atoms with Crippen LogP contribution in [0.5, 0.6) is 0 Å². The number of rotatable bonds is 3. The van der Waals surface area contributed by atoms with Crippen LogP contribution in [0.25, 0.3) is 11.4 Å². The smallest absolute Gasteiger partial charge is 0.291 e. The molecule has 0 spiro atoms. The molecule has 27 heavy (non-hydrogen) atoms. The fourth-order valence-corrected chi connectivity index (χ4v) is 3.20. The van der Waals surface area contributed by atoms with Gasteiger partial charge in [-0.05, 0) is 35.9 Å². The summed E-state index contributed by atoms with van der Waals surface area (Å²) in [6, 6.07) is 9.90. The van der Waals surface area contributed by atoms with E-state index in [0.717, 1.165) is 23.4 Å². The van der Waals surface area contributed by atoms with Gasteiger partial charge in [0.1, 0.15) is 11.4 Å². The average Bonchev–Trinajstić information content (AvgIpc) is 3.05. The lowest BCUT2D eigenvalue weighted by molar-refractivity contribution is -0.137. The molecule has 4 nitrogen and oxygen atoms in total. The first kappa shape index (κ1) is 17.7. The van der Waals surface area contributed by atoms with Gasteiger partial charge >= 0.3 is 6.18 Å². The van der Waals surface area contributed by atoms with Gasteiger partial charge in [0, 0.05) is 25.8 Å². The van der Waals surface area contributed by atoms with E-state index in [2.05, 4.69) is 15.0 Å². The zero-order chi connectivity index (χ0) is 19.0. The van der Waals surface area contributed by atoms with Crippen LogP contribution in [0.3, 0.4) is 0 Å². The van der Waals surface area contributed by atoms with Crippen LogP contribution in [0.2, 0.25) is 0 Å². The first-order valence-electron chi connectivity index (χ1n) is 8.46. The van der Waals surface area contributed by atoms with Crippen molar-refractivity contribution in [1.82, 2.24) is 19.7 Å². The Hall–Kier alpha value is -2.74. The molecule has 2 aromatic heterocycles. The third kappa shape index (κ3) is 3.71. The molecule has 1 aromatic carbocycles. The van der Waals surface area contributed by atoms with E-state index >= 15 is 0 Å². The summed E-state index contributed by atoms with van der Waals surface area (Å²) in [4.78, 5) is 6.17. The van der Waals surface area contributed by atoms with Crippen molar-refractivity contribution in [3.05, 3.63) is 71.3 Å². The van der Waals surface area contributed by atoms with E-state index in [1.165, 1.54) is 30.5 Å². The Kier molecular flexibility index (Phi) is 4.43.